The first-order chi connectivity index (χ1) is 15.3. The number of hydrogen-bond donors (Lipinski definition) is 0. The van der Waals surface area contributed by atoms with Crippen molar-refractivity contribution in [2.75, 3.05) is 0 Å². The van der Waals surface area contributed by atoms with Crippen molar-refractivity contribution in [2.45, 2.75) is 11.8 Å². The molecule has 3 heterocycles. The molecule has 32 heavy (non-hydrogen) atoms. The molecule has 0 aliphatic rings. The molecule has 0 unspecified atom stereocenters. The zero-order valence-corrected chi connectivity index (χ0v) is 19.2. The molecule has 0 saturated carbocycles. The van der Waals surface area contributed by atoms with E-state index in [1.54, 1.807) is 47.9 Å². The Balaban J connectivity index is 1.79. The van der Waals surface area contributed by atoms with E-state index in [1.165, 1.54) is 22.3 Å². The number of thiophene rings is 1. The Labute approximate surface area is 193 Å². The number of hydrogen-bond acceptors (Lipinski definition) is 4. The zero-order valence-electron chi connectivity index (χ0n) is 16.8. The molecule has 0 spiro atoms. The van der Waals surface area contributed by atoms with E-state index in [0.717, 1.165) is 16.7 Å². The highest BCUT2D eigenvalue weighted by atomic mass is 35.5. The fourth-order valence-electron chi connectivity index (χ4n) is 3.57. The van der Waals surface area contributed by atoms with Crippen LogP contribution in [0.4, 0.5) is 4.39 Å². The molecule has 3 aromatic heterocycles. The van der Waals surface area contributed by atoms with Crippen molar-refractivity contribution in [3.8, 4) is 22.3 Å². The maximum absolute atomic E-state index is 13.8. The third-order valence-corrected chi connectivity index (χ3v) is 7.91. The number of fused-ring (bicyclic) bond motifs is 1. The van der Waals surface area contributed by atoms with E-state index in [2.05, 4.69) is 4.98 Å². The third-order valence-electron chi connectivity index (χ3n) is 5.27. The molecular weight excluding hydrogens is 467 g/mol. The second-order valence-corrected chi connectivity index (χ2v) is 10.4. The summed E-state index contributed by atoms with van der Waals surface area (Å²) in [4.78, 5) is 4.67. The van der Waals surface area contributed by atoms with Crippen molar-refractivity contribution in [2.24, 2.45) is 0 Å². The van der Waals surface area contributed by atoms with Crippen molar-refractivity contribution >= 4 is 44.0 Å². The summed E-state index contributed by atoms with van der Waals surface area (Å²) < 4.78 is 41.9. The summed E-state index contributed by atoms with van der Waals surface area (Å²) >= 11 is 7.58. The molecule has 2 aromatic carbocycles. The monoisotopic (exact) mass is 482 g/mol. The van der Waals surface area contributed by atoms with E-state index >= 15 is 0 Å². The summed E-state index contributed by atoms with van der Waals surface area (Å²) in [6.07, 6.45) is 3.18. The predicted molar refractivity (Wildman–Crippen MR) is 127 cm³/mol. The summed E-state index contributed by atoms with van der Waals surface area (Å²) in [5.41, 5.74) is 4.30. The summed E-state index contributed by atoms with van der Waals surface area (Å²) in [5, 5.41) is 4.56. The van der Waals surface area contributed by atoms with Gasteiger partial charge in [-0.2, -0.15) is 11.3 Å². The van der Waals surface area contributed by atoms with E-state index in [9.17, 15) is 12.8 Å². The van der Waals surface area contributed by atoms with Crippen molar-refractivity contribution in [1.29, 1.82) is 0 Å². The first-order valence-corrected chi connectivity index (χ1v) is 12.4. The van der Waals surface area contributed by atoms with E-state index in [-0.39, 0.29) is 9.92 Å². The number of aromatic nitrogens is 2. The molecule has 5 rings (SSSR count). The van der Waals surface area contributed by atoms with Crippen molar-refractivity contribution < 1.29 is 12.8 Å². The number of benzene rings is 2. The van der Waals surface area contributed by atoms with Gasteiger partial charge < -0.3 is 0 Å². The summed E-state index contributed by atoms with van der Waals surface area (Å²) in [7, 11) is -3.91. The summed E-state index contributed by atoms with van der Waals surface area (Å²) in [6, 6.07) is 14.9. The Morgan fingerprint density at radius 1 is 1.00 bits per heavy atom. The second-order valence-electron chi connectivity index (χ2n) is 7.39. The van der Waals surface area contributed by atoms with Gasteiger partial charge in [0.2, 0.25) is 0 Å². The van der Waals surface area contributed by atoms with Gasteiger partial charge in [0.15, 0.2) is 5.65 Å². The maximum atomic E-state index is 13.8. The number of aryl methyl sites for hydroxylation is 1. The van der Waals surface area contributed by atoms with Gasteiger partial charge in [-0.1, -0.05) is 35.4 Å². The van der Waals surface area contributed by atoms with Crippen molar-refractivity contribution in [3.05, 3.63) is 94.2 Å². The largest absolute Gasteiger partial charge is 0.269 e. The van der Waals surface area contributed by atoms with Crippen LogP contribution in [0.15, 0.2) is 82.6 Å². The van der Waals surface area contributed by atoms with Crippen LogP contribution in [0.2, 0.25) is 5.02 Å². The Morgan fingerprint density at radius 2 is 1.78 bits per heavy atom. The third kappa shape index (κ3) is 3.52. The molecule has 0 radical (unpaired) electrons. The van der Waals surface area contributed by atoms with Gasteiger partial charge in [0.25, 0.3) is 10.0 Å². The first kappa shape index (κ1) is 20.9. The van der Waals surface area contributed by atoms with Gasteiger partial charge in [0, 0.05) is 28.9 Å². The Morgan fingerprint density at radius 3 is 2.47 bits per heavy atom. The summed E-state index contributed by atoms with van der Waals surface area (Å²) in [5.74, 6) is -0.538. The smallest absolute Gasteiger partial charge is 0.237 e. The number of halogens is 2. The second kappa shape index (κ2) is 7.85. The topological polar surface area (TPSA) is 52.0 Å². The molecule has 0 amide bonds. The molecule has 0 aliphatic heterocycles. The number of rotatable bonds is 4. The molecule has 160 valence electrons. The molecule has 0 N–H and O–H groups in total. The molecule has 0 bridgehead atoms. The normalized spacial score (nSPS) is 11.8. The Kier molecular flexibility index (Phi) is 5.12. The van der Waals surface area contributed by atoms with E-state index in [4.69, 9.17) is 11.6 Å². The molecule has 0 fully saturated rings. The highest BCUT2D eigenvalue weighted by Gasteiger charge is 2.23. The van der Waals surface area contributed by atoms with Crippen molar-refractivity contribution in [1.82, 2.24) is 8.96 Å². The van der Waals surface area contributed by atoms with E-state index < -0.39 is 15.8 Å². The first-order valence-electron chi connectivity index (χ1n) is 9.66. The van der Waals surface area contributed by atoms with Crippen LogP contribution in [0.25, 0.3) is 33.3 Å². The maximum Gasteiger partial charge on any atom is 0.269 e. The molecule has 0 aliphatic carbocycles. The van der Waals surface area contributed by atoms with Gasteiger partial charge in [-0.05, 0) is 65.2 Å². The van der Waals surface area contributed by atoms with Crippen LogP contribution in [0.3, 0.4) is 0 Å². The Hall–Kier alpha value is -3.00. The van der Waals surface area contributed by atoms with Crippen LogP contribution >= 0.6 is 22.9 Å². The molecular formula is C24H16ClFN2O2S2. The fourth-order valence-corrected chi connectivity index (χ4v) is 5.74. The number of pyridine rings is 1. The highest BCUT2D eigenvalue weighted by molar-refractivity contribution is 7.90. The highest BCUT2D eigenvalue weighted by Crippen LogP contribution is 2.36. The lowest BCUT2D eigenvalue weighted by Crippen LogP contribution is -2.12. The lowest BCUT2D eigenvalue weighted by atomic mass is 10.0. The van der Waals surface area contributed by atoms with Gasteiger partial charge in [-0.25, -0.2) is 21.8 Å². The molecule has 5 aromatic rings. The number of nitrogens with zero attached hydrogens (tertiary/aromatic N) is 2. The standard InChI is InChI=1S/C24H16ClFN2O2S2/c1-15-2-5-19(6-3-15)32(29,30)28-13-21(16-4-7-23(26)22(25)11-16)20-10-18(12-27-24(20)28)17-8-9-31-14-17/h2-14H,1H3. The molecule has 8 heteroatoms. The molecule has 0 saturated heterocycles. The van der Waals surface area contributed by atoms with Crippen LogP contribution in [-0.4, -0.2) is 17.4 Å². The lowest BCUT2D eigenvalue weighted by molar-refractivity contribution is 0.588. The minimum atomic E-state index is -3.91. The van der Waals surface area contributed by atoms with Gasteiger partial charge in [-0.15, -0.1) is 0 Å². The van der Waals surface area contributed by atoms with Crippen LogP contribution in [0.1, 0.15) is 5.56 Å². The zero-order chi connectivity index (χ0) is 22.5. The van der Waals surface area contributed by atoms with Crippen LogP contribution in [0.5, 0.6) is 0 Å². The predicted octanol–water partition coefficient (Wildman–Crippen LogP) is 6.77. The fraction of sp³-hybridized carbons (Fsp3) is 0.0417. The van der Waals surface area contributed by atoms with E-state index in [0.29, 0.717) is 22.2 Å². The van der Waals surface area contributed by atoms with Gasteiger partial charge >= 0.3 is 0 Å². The van der Waals surface area contributed by atoms with Crippen LogP contribution in [-0.2, 0) is 10.0 Å². The molecule has 0 atom stereocenters. The Bertz CT molecular complexity index is 1560. The van der Waals surface area contributed by atoms with Gasteiger partial charge in [0.05, 0.1) is 9.92 Å². The molecule has 4 nitrogen and oxygen atoms in total. The van der Waals surface area contributed by atoms with Crippen LogP contribution < -0.4 is 0 Å². The van der Waals surface area contributed by atoms with Crippen molar-refractivity contribution in [3.63, 3.8) is 0 Å². The van der Waals surface area contributed by atoms with Gasteiger partial charge in [-0.3, -0.25) is 0 Å². The minimum Gasteiger partial charge on any atom is -0.237 e. The van der Waals surface area contributed by atoms with Crippen LogP contribution in [0, 0.1) is 12.7 Å². The average molecular weight is 483 g/mol. The average Bonchev–Trinajstić information content (AvgIpc) is 3.44. The minimum absolute atomic E-state index is 0.0354. The summed E-state index contributed by atoms with van der Waals surface area (Å²) in [6.45, 7) is 1.89. The van der Waals surface area contributed by atoms with Gasteiger partial charge in [0.1, 0.15) is 5.82 Å². The lowest BCUT2D eigenvalue weighted by Gasteiger charge is -2.07. The SMILES string of the molecule is Cc1ccc(S(=O)(=O)n2cc(-c3ccc(F)c(Cl)c3)c3cc(-c4ccsc4)cnc32)cc1. The van der Waals surface area contributed by atoms with E-state index in [1.807, 2.05) is 29.8 Å². The quantitative estimate of drug-likeness (QED) is 0.284.